The molecule has 1 nitrogen and oxygen atoms in total. The largest absolute Gasteiger partial charge is 0.382 e. The quantitative estimate of drug-likeness (QED) is 0.725. The van der Waals surface area contributed by atoms with Crippen molar-refractivity contribution in [2.45, 2.75) is 6.42 Å². The lowest BCUT2D eigenvalue weighted by atomic mass is 10.2. The Balaban J connectivity index is 2.76. The zero-order chi connectivity index (χ0) is 8.97. The highest BCUT2D eigenvalue weighted by Crippen LogP contribution is 2.21. The molecule has 3 heteroatoms. The smallest absolute Gasteiger partial charge is 0.139 e. The molecule has 1 aliphatic rings. The summed E-state index contributed by atoms with van der Waals surface area (Å²) >= 11 is 1.61. The second-order valence-corrected chi connectivity index (χ2v) is 3.26. The fourth-order valence-corrected chi connectivity index (χ4v) is 1.45. The van der Waals surface area contributed by atoms with Crippen molar-refractivity contribution in [2.75, 3.05) is 12.8 Å². The van der Waals surface area contributed by atoms with Crippen molar-refractivity contribution in [3.05, 3.63) is 35.2 Å². The average molecular weight is 185 g/mol. The van der Waals surface area contributed by atoms with Crippen LogP contribution in [0.15, 0.2) is 35.2 Å². The Morgan fingerprint density at radius 2 is 2.50 bits per heavy atom. The van der Waals surface area contributed by atoms with E-state index >= 15 is 0 Å². The van der Waals surface area contributed by atoms with Crippen molar-refractivity contribution in [3.63, 3.8) is 0 Å². The van der Waals surface area contributed by atoms with Gasteiger partial charge < -0.3 is 5.32 Å². The van der Waals surface area contributed by atoms with E-state index < -0.39 is 0 Å². The fraction of sp³-hybridized carbons (Fsp3) is 0.333. The molecule has 0 atom stereocenters. The molecular weight excluding hydrogens is 173 g/mol. The van der Waals surface area contributed by atoms with Crippen LogP contribution in [-0.2, 0) is 0 Å². The van der Waals surface area contributed by atoms with Gasteiger partial charge in [-0.3, -0.25) is 0 Å². The summed E-state index contributed by atoms with van der Waals surface area (Å²) in [4.78, 5) is 0. The Bertz CT molecular complexity index is 243. The Morgan fingerprint density at radius 3 is 3.08 bits per heavy atom. The molecule has 0 saturated carbocycles. The number of thioether (sulfide) groups is 1. The van der Waals surface area contributed by atoms with Gasteiger partial charge in [0, 0.05) is 6.54 Å². The lowest BCUT2D eigenvalue weighted by molar-refractivity contribution is 0.636. The highest BCUT2D eigenvalue weighted by Gasteiger charge is 2.13. The topological polar surface area (TPSA) is 12.0 Å². The van der Waals surface area contributed by atoms with Crippen LogP contribution in [0.25, 0.3) is 0 Å². The third kappa shape index (κ3) is 2.14. The van der Waals surface area contributed by atoms with Crippen molar-refractivity contribution in [2.24, 2.45) is 0 Å². The Kier molecular flexibility index (Phi) is 3.41. The maximum absolute atomic E-state index is 12.7. The van der Waals surface area contributed by atoms with Crippen molar-refractivity contribution >= 4 is 11.8 Å². The second-order valence-electron chi connectivity index (χ2n) is 2.52. The SMILES string of the molecule is C=C(F)C1=C(/C=C/SC)CCN1. The molecule has 0 fully saturated rings. The van der Waals surface area contributed by atoms with Gasteiger partial charge in [0.05, 0.1) is 5.70 Å². The van der Waals surface area contributed by atoms with E-state index in [0.717, 1.165) is 18.5 Å². The van der Waals surface area contributed by atoms with Crippen LogP contribution < -0.4 is 5.32 Å². The molecule has 12 heavy (non-hydrogen) atoms. The monoisotopic (exact) mass is 185 g/mol. The van der Waals surface area contributed by atoms with Gasteiger partial charge in [-0.05, 0) is 23.7 Å². The lowest BCUT2D eigenvalue weighted by Gasteiger charge is -1.99. The van der Waals surface area contributed by atoms with Crippen LogP contribution in [-0.4, -0.2) is 12.8 Å². The van der Waals surface area contributed by atoms with Crippen LogP contribution >= 0.6 is 11.8 Å². The first kappa shape index (κ1) is 9.39. The maximum Gasteiger partial charge on any atom is 0.139 e. The maximum atomic E-state index is 12.7. The summed E-state index contributed by atoms with van der Waals surface area (Å²) < 4.78 is 12.7. The molecule has 0 aromatic carbocycles. The summed E-state index contributed by atoms with van der Waals surface area (Å²) in [5.41, 5.74) is 1.58. The van der Waals surface area contributed by atoms with Gasteiger partial charge in [-0.2, -0.15) is 0 Å². The number of nitrogens with one attached hydrogen (secondary N) is 1. The molecule has 0 aromatic heterocycles. The number of hydrogen-bond donors (Lipinski definition) is 1. The van der Waals surface area contributed by atoms with Crippen molar-refractivity contribution in [3.8, 4) is 0 Å². The zero-order valence-electron chi connectivity index (χ0n) is 7.06. The Labute approximate surface area is 76.4 Å². The molecule has 0 amide bonds. The van der Waals surface area contributed by atoms with Gasteiger partial charge in [-0.15, -0.1) is 11.8 Å². The molecule has 1 heterocycles. The molecule has 1 rings (SSSR count). The van der Waals surface area contributed by atoms with E-state index in [4.69, 9.17) is 0 Å². The minimum absolute atomic E-state index is 0.367. The predicted octanol–water partition coefficient (Wildman–Crippen LogP) is 2.59. The van der Waals surface area contributed by atoms with Crippen molar-refractivity contribution in [1.29, 1.82) is 0 Å². The molecular formula is C9H12FNS. The molecule has 1 aliphatic heterocycles. The number of allylic oxidation sites excluding steroid dienone is 2. The Hall–Kier alpha value is -0.700. The summed E-state index contributed by atoms with van der Waals surface area (Å²) in [5, 5.41) is 4.91. The van der Waals surface area contributed by atoms with Crippen LogP contribution in [0.5, 0.6) is 0 Å². The first-order chi connectivity index (χ1) is 5.75. The second kappa shape index (κ2) is 4.36. The van der Waals surface area contributed by atoms with Gasteiger partial charge in [-0.25, -0.2) is 4.39 Å². The summed E-state index contributed by atoms with van der Waals surface area (Å²) in [6.07, 6.45) is 4.80. The Morgan fingerprint density at radius 1 is 1.75 bits per heavy atom. The lowest BCUT2D eigenvalue weighted by Crippen LogP contribution is -2.06. The summed E-state index contributed by atoms with van der Waals surface area (Å²) in [6.45, 7) is 4.08. The van der Waals surface area contributed by atoms with E-state index in [-0.39, 0.29) is 5.83 Å². The first-order valence-corrected chi connectivity index (χ1v) is 5.05. The van der Waals surface area contributed by atoms with E-state index in [1.54, 1.807) is 11.8 Å². The normalized spacial score (nSPS) is 17.2. The molecule has 0 aliphatic carbocycles. The molecule has 66 valence electrons. The third-order valence-electron chi connectivity index (χ3n) is 1.69. The summed E-state index contributed by atoms with van der Waals surface area (Å²) in [6, 6.07) is 0. The van der Waals surface area contributed by atoms with Gasteiger partial charge in [0.15, 0.2) is 0 Å². The van der Waals surface area contributed by atoms with Gasteiger partial charge >= 0.3 is 0 Å². The van der Waals surface area contributed by atoms with Gasteiger partial charge in [0.2, 0.25) is 0 Å². The van der Waals surface area contributed by atoms with Gasteiger partial charge in [-0.1, -0.05) is 12.7 Å². The van der Waals surface area contributed by atoms with Crippen LogP contribution in [0.4, 0.5) is 4.39 Å². The van der Waals surface area contributed by atoms with Gasteiger partial charge in [0.25, 0.3) is 0 Å². The van der Waals surface area contributed by atoms with Crippen LogP contribution in [0.1, 0.15) is 6.42 Å². The minimum Gasteiger partial charge on any atom is -0.382 e. The fourth-order valence-electron chi connectivity index (χ4n) is 1.15. The average Bonchev–Trinajstić information content (AvgIpc) is 2.48. The first-order valence-electron chi connectivity index (χ1n) is 3.77. The zero-order valence-corrected chi connectivity index (χ0v) is 7.88. The highest BCUT2D eigenvalue weighted by molar-refractivity contribution is 8.01. The highest BCUT2D eigenvalue weighted by atomic mass is 32.2. The van der Waals surface area contributed by atoms with Crippen LogP contribution in [0.3, 0.4) is 0 Å². The van der Waals surface area contributed by atoms with Gasteiger partial charge in [0.1, 0.15) is 5.83 Å². The van der Waals surface area contributed by atoms with Crippen LogP contribution in [0, 0.1) is 0 Å². The summed E-state index contributed by atoms with van der Waals surface area (Å²) in [5.74, 6) is -0.367. The van der Waals surface area contributed by atoms with E-state index in [2.05, 4.69) is 11.9 Å². The standard InChI is InChI=1S/C9H12FNS/c1-7(10)9-8(3-5-11-9)4-6-12-2/h4,6,11H,1,3,5H2,2H3/b6-4+. The minimum atomic E-state index is -0.367. The predicted molar refractivity (Wildman–Crippen MR) is 52.5 cm³/mol. The number of halogens is 1. The molecule has 0 aromatic rings. The molecule has 1 N–H and O–H groups in total. The molecule has 0 spiro atoms. The molecule has 0 unspecified atom stereocenters. The van der Waals surface area contributed by atoms with Crippen molar-refractivity contribution < 1.29 is 4.39 Å². The number of rotatable bonds is 3. The third-order valence-corrected chi connectivity index (χ3v) is 2.10. The molecule has 0 bridgehead atoms. The molecule has 0 saturated heterocycles. The van der Waals surface area contributed by atoms with Crippen LogP contribution in [0.2, 0.25) is 0 Å². The van der Waals surface area contributed by atoms with Crippen molar-refractivity contribution in [1.82, 2.24) is 5.32 Å². The van der Waals surface area contributed by atoms with E-state index in [0.29, 0.717) is 5.70 Å². The summed E-state index contributed by atoms with van der Waals surface area (Å²) in [7, 11) is 0. The van der Waals surface area contributed by atoms with E-state index in [1.807, 2.05) is 17.7 Å². The number of hydrogen-bond acceptors (Lipinski definition) is 2. The van der Waals surface area contributed by atoms with E-state index in [1.165, 1.54) is 0 Å². The van der Waals surface area contributed by atoms with E-state index in [9.17, 15) is 4.39 Å². The molecule has 0 radical (unpaired) electrons.